The van der Waals surface area contributed by atoms with E-state index in [9.17, 15) is 4.79 Å². The summed E-state index contributed by atoms with van der Waals surface area (Å²) in [5.41, 5.74) is 2.36. The number of fused-ring (bicyclic) bond motifs is 2. The first kappa shape index (κ1) is 11.8. The van der Waals surface area contributed by atoms with Gasteiger partial charge in [-0.3, -0.25) is 4.79 Å². The number of carbonyl (C=O) groups excluding carboxylic acids is 1. The average Bonchev–Trinajstić information content (AvgIpc) is 2.94. The molecule has 2 nitrogen and oxygen atoms in total. The average molecular weight is 243 g/mol. The first-order valence-electron chi connectivity index (χ1n) is 7.05. The molecule has 0 heterocycles. The van der Waals surface area contributed by atoms with Gasteiger partial charge in [0.15, 0.2) is 0 Å². The Kier molecular flexibility index (Phi) is 3.11. The maximum absolute atomic E-state index is 12.0. The highest BCUT2D eigenvalue weighted by Gasteiger charge is 2.39. The van der Waals surface area contributed by atoms with E-state index in [1.807, 2.05) is 0 Å². The Morgan fingerprint density at radius 3 is 2.61 bits per heavy atom. The van der Waals surface area contributed by atoms with Gasteiger partial charge in [-0.05, 0) is 43.6 Å². The van der Waals surface area contributed by atoms with Crippen LogP contribution >= 0.6 is 0 Å². The summed E-state index contributed by atoms with van der Waals surface area (Å²) >= 11 is 0. The van der Waals surface area contributed by atoms with Crippen LogP contribution < -0.4 is 5.32 Å². The first-order valence-corrected chi connectivity index (χ1v) is 7.05. The highest BCUT2D eigenvalue weighted by atomic mass is 16.1. The minimum Gasteiger partial charge on any atom is -0.353 e. The summed E-state index contributed by atoms with van der Waals surface area (Å²) in [4.78, 5) is 12.0. The Labute approximate surface area is 109 Å². The third kappa shape index (κ3) is 2.43. The largest absolute Gasteiger partial charge is 0.353 e. The molecular formula is C16H21NO. The van der Waals surface area contributed by atoms with E-state index in [1.165, 1.54) is 31.2 Å². The van der Waals surface area contributed by atoms with E-state index in [0.29, 0.717) is 12.5 Å². The molecular weight excluding hydrogens is 222 g/mol. The second-order valence-electron chi connectivity index (χ2n) is 6.01. The van der Waals surface area contributed by atoms with Gasteiger partial charge < -0.3 is 5.32 Å². The molecule has 3 rings (SSSR count). The molecule has 1 amide bonds. The molecule has 0 unspecified atom stereocenters. The van der Waals surface area contributed by atoms with Gasteiger partial charge >= 0.3 is 0 Å². The molecule has 0 spiro atoms. The fourth-order valence-corrected chi connectivity index (χ4v) is 3.57. The fraction of sp³-hybridized carbons (Fsp3) is 0.562. The number of nitrogens with one attached hydrogen (secondary N) is 1. The quantitative estimate of drug-likeness (QED) is 0.869. The van der Waals surface area contributed by atoms with Crippen molar-refractivity contribution in [3.63, 3.8) is 0 Å². The summed E-state index contributed by atoms with van der Waals surface area (Å²) in [7, 11) is 0. The predicted molar refractivity (Wildman–Crippen MR) is 72.3 cm³/mol. The van der Waals surface area contributed by atoms with E-state index in [4.69, 9.17) is 0 Å². The second-order valence-corrected chi connectivity index (χ2v) is 6.01. The van der Waals surface area contributed by atoms with Gasteiger partial charge in [0.05, 0.1) is 6.42 Å². The SMILES string of the molecule is Cc1ccc(CC(=O)N[C@@H]2C[C@@H]3CC[C@@H]2C3)cc1. The van der Waals surface area contributed by atoms with E-state index in [1.54, 1.807) is 0 Å². The first-order chi connectivity index (χ1) is 8.70. The minimum atomic E-state index is 0.191. The van der Waals surface area contributed by atoms with Crippen LogP contribution in [0.2, 0.25) is 0 Å². The third-order valence-corrected chi connectivity index (χ3v) is 4.57. The van der Waals surface area contributed by atoms with Gasteiger partial charge in [-0.1, -0.05) is 36.2 Å². The zero-order valence-corrected chi connectivity index (χ0v) is 11.0. The Morgan fingerprint density at radius 2 is 2.00 bits per heavy atom. The molecule has 2 heteroatoms. The molecule has 2 saturated carbocycles. The maximum atomic E-state index is 12.0. The summed E-state index contributed by atoms with van der Waals surface area (Å²) in [6.45, 7) is 2.07. The topological polar surface area (TPSA) is 29.1 Å². The van der Waals surface area contributed by atoms with E-state index < -0.39 is 0 Å². The van der Waals surface area contributed by atoms with Crippen molar-refractivity contribution in [2.24, 2.45) is 11.8 Å². The monoisotopic (exact) mass is 243 g/mol. The van der Waals surface area contributed by atoms with Crippen molar-refractivity contribution in [3.05, 3.63) is 35.4 Å². The molecule has 18 heavy (non-hydrogen) atoms. The van der Waals surface area contributed by atoms with Crippen LogP contribution in [-0.2, 0) is 11.2 Å². The summed E-state index contributed by atoms with van der Waals surface area (Å²) < 4.78 is 0. The van der Waals surface area contributed by atoms with E-state index in [0.717, 1.165) is 17.4 Å². The van der Waals surface area contributed by atoms with Gasteiger partial charge in [0.2, 0.25) is 5.91 Å². The number of carbonyl (C=O) groups is 1. The lowest BCUT2D eigenvalue weighted by Gasteiger charge is -2.22. The Morgan fingerprint density at radius 1 is 1.22 bits per heavy atom. The van der Waals surface area contributed by atoms with Crippen LogP contribution in [0.5, 0.6) is 0 Å². The zero-order chi connectivity index (χ0) is 12.5. The van der Waals surface area contributed by atoms with Crippen LogP contribution in [0, 0.1) is 18.8 Å². The summed E-state index contributed by atoms with van der Waals surface area (Å²) in [5.74, 6) is 1.84. The zero-order valence-electron chi connectivity index (χ0n) is 11.0. The smallest absolute Gasteiger partial charge is 0.224 e. The molecule has 1 aromatic carbocycles. The second kappa shape index (κ2) is 4.75. The van der Waals surface area contributed by atoms with Crippen LogP contribution in [0.4, 0.5) is 0 Å². The molecule has 0 saturated heterocycles. The standard InChI is InChI=1S/C16H21NO/c1-11-2-4-12(5-3-11)10-16(18)17-15-9-13-6-7-14(15)8-13/h2-5,13-15H,6-10H2,1H3,(H,17,18)/t13-,14-,15-/m1/s1. The molecule has 2 aliphatic rings. The number of hydrogen-bond acceptors (Lipinski definition) is 1. The molecule has 1 aromatic rings. The summed E-state index contributed by atoms with van der Waals surface area (Å²) in [6, 6.07) is 8.70. The third-order valence-electron chi connectivity index (χ3n) is 4.57. The molecule has 2 fully saturated rings. The maximum Gasteiger partial charge on any atom is 0.224 e. The van der Waals surface area contributed by atoms with Gasteiger partial charge in [0.25, 0.3) is 0 Å². The minimum absolute atomic E-state index is 0.191. The molecule has 2 bridgehead atoms. The number of hydrogen-bond donors (Lipinski definition) is 1. The van der Waals surface area contributed by atoms with Crippen molar-refractivity contribution in [2.45, 2.75) is 45.1 Å². The van der Waals surface area contributed by atoms with Gasteiger partial charge in [-0.2, -0.15) is 0 Å². The van der Waals surface area contributed by atoms with E-state index in [2.05, 4.69) is 36.5 Å². The van der Waals surface area contributed by atoms with Crippen LogP contribution in [0.25, 0.3) is 0 Å². The number of aryl methyl sites for hydroxylation is 1. The summed E-state index contributed by atoms with van der Waals surface area (Å²) in [6.07, 6.45) is 5.78. The fourth-order valence-electron chi connectivity index (χ4n) is 3.57. The molecule has 0 aliphatic heterocycles. The van der Waals surface area contributed by atoms with Crippen molar-refractivity contribution in [3.8, 4) is 0 Å². The summed E-state index contributed by atoms with van der Waals surface area (Å²) in [5, 5.41) is 3.23. The van der Waals surface area contributed by atoms with E-state index in [-0.39, 0.29) is 5.91 Å². The highest BCUT2D eigenvalue weighted by Crippen LogP contribution is 2.44. The van der Waals surface area contributed by atoms with Crippen molar-refractivity contribution >= 4 is 5.91 Å². The van der Waals surface area contributed by atoms with Crippen LogP contribution in [-0.4, -0.2) is 11.9 Å². The van der Waals surface area contributed by atoms with Crippen molar-refractivity contribution in [1.29, 1.82) is 0 Å². The van der Waals surface area contributed by atoms with Crippen molar-refractivity contribution < 1.29 is 4.79 Å². The molecule has 0 aromatic heterocycles. The lowest BCUT2D eigenvalue weighted by Crippen LogP contribution is -2.39. The molecule has 1 N–H and O–H groups in total. The van der Waals surface area contributed by atoms with Crippen LogP contribution in [0.15, 0.2) is 24.3 Å². The number of rotatable bonds is 3. The van der Waals surface area contributed by atoms with E-state index >= 15 is 0 Å². The van der Waals surface area contributed by atoms with Crippen molar-refractivity contribution in [2.75, 3.05) is 0 Å². The normalized spacial score (nSPS) is 29.5. The Balaban J connectivity index is 1.54. The lowest BCUT2D eigenvalue weighted by atomic mass is 9.95. The molecule has 96 valence electrons. The van der Waals surface area contributed by atoms with Crippen LogP contribution in [0.1, 0.15) is 36.8 Å². The van der Waals surface area contributed by atoms with Gasteiger partial charge in [-0.25, -0.2) is 0 Å². The highest BCUT2D eigenvalue weighted by molar-refractivity contribution is 5.79. The number of amides is 1. The molecule has 2 aliphatic carbocycles. The van der Waals surface area contributed by atoms with Gasteiger partial charge in [0.1, 0.15) is 0 Å². The number of benzene rings is 1. The molecule has 3 atom stereocenters. The van der Waals surface area contributed by atoms with Gasteiger partial charge in [0, 0.05) is 6.04 Å². The Bertz CT molecular complexity index is 437. The van der Waals surface area contributed by atoms with Gasteiger partial charge in [-0.15, -0.1) is 0 Å². The van der Waals surface area contributed by atoms with Crippen molar-refractivity contribution in [1.82, 2.24) is 5.32 Å². The molecule has 0 radical (unpaired) electrons. The lowest BCUT2D eigenvalue weighted by molar-refractivity contribution is -0.121. The Hall–Kier alpha value is -1.31. The predicted octanol–water partition coefficient (Wildman–Crippen LogP) is 2.84. The van der Waals surface area contributed by atoms with Crippen LogP contribution in [0.3, 0.4) is 0 Å².